The summed E-state index contributed by atoms with van der Waals surface area (Å²) in [5.41, 5.74) is 1.40. The van der Waals surface area contributed by atoms with Crippen LogP contribution in [0.1, 0.15) is 11.1 Å². The maximum Gasteiger partial charge on any atom is 0.282 e. The van der Waals surface area contributed by atoms with E-state index in [4.69, 9.17) is 0 Å². The van der Waals surface area contributed by atoms with Crippen LogP contribution in [0, 0.1) is 0 Å². The van der Waals surface area contributed by atoms with Crippen molar-refractivity contribution >= 4 is 28.1 Å². The van der Waals surface area contributed by atoms with Crippen LogP contribution in [0.4, 0.5) is 5.69 Å². The molecule has 2 N–H and O–H groups in total. The molecule has 3 aromatic carbocycles. The summed E-state index contributed by atoms with van der Waals surface area (Å²) < 4.78 is 28.2. The Balaban J connectivity index is 1.78. The molecule has 0 radical (unpaired) electrons. The van der Waals surface area contributed by atoms with Crippen molar-refractivity contribution in [2.45, 2.75) is 4.90 Å². The molecule has 0 heterocycles. The van der Waals surface area contributed by atoms with Gasteiger partial charge < -0.3 is 10.2 Å². The normalized spacial score (nSPS) is 12.0. The number of aliphatic imine (C=N–C) groups is 1. The highest BCUT2D eigenvalue weighted by molar-refractivity contribution is 7.90. The van der Waals surface area contributed by atoms with Gasteiger partial charge in [0, 0.05) is 17.3 Å². The van der Waals surface area contributed by atoms with Gasteiger partial charge in [-0.3, -0.25) is 4.99 Å². The van der Waals surface area contributed by atoms with Crippen molar-refractivity contribution in [2.75, 3.05) is 0 Å². The summed E-state index contributed by atoms with van der Waals surface area (Å²) in [6.07, 6.45) is 2.60. The number of sulfonamides is 1. The topological polar surface area (TPSA) is 99.3 Å². The van der Waals surface area contributed by atoms with Gasteiger partial charge in [0.1, 0.15) is 11.5 Å². The number of phenols is 2. The smallest absolute Gasteiger partial charge is 0.282 e. The third-order valence-electron chi connectivity index (χ3n) is 3.69. The Morgan fingerprint density at radius 3 is 1.78 bits per heavy atom. The molecule has 0 aliphatic heterocycles. The molecule has 6 nitrogen and oxygen atoms in total. The van der Waals surface area contributed by atoms with E-state index in [1.807, 2.05) is 0 Å². The maximum absolute atomic E-state index is 12.3. The SMILES string of the molecule is O=S(=O)(/N=C/c1ccccc1O)c1ccc(N=Cc2ccccc2O)cc1. The maximum atomic E-state index is 12.3. The van der Waals surface area contributed by atoms with Crippen molar-refractivity contribution < 1.29 is 18.6 Å². The first-order chi connectivity index (χ1) is 13.0. The zero-order valence-corrected chi connectivity index (χ0v) is 14.9. The molecular weight excluding hydrogens is 364 g/mol. The molecule has 0 saturated carbocycles. The van der Waals surface area contributed by atoms with Crippen LogP contribution in [0.5, 0.6) is 11.5 Å². The van der Waals surface area contributed by atoms with Crippen LogP contribution >= 0.6 is 0 Å². The van der Waals surface area contributed by atoms with Crippen LogP contribution < -0.4 is 0 Å². The Hall–Kier alpha value is -3.45. The van der Waals surface area contributed by atoms with E-state index in [2.05, 4.69) is 9.39 Å². The van der Waals surface area contributed by atoms with Crippen LogP contribution in [0.2, 0.25) is 0 Å². The summed E-state index contributed by atoms with van der Waals surface area (Å²) in [7, 11) is -3.90. The summed E-state index contributed by atoms with van der Waals surface area (Å²) in [4.78, 5) is 4.22. The molecule has 27 heavy (non-hydrogen) atoms. The number of hydrogen-bond donors (Lipinski definition) is 2. The predicted octanol–water partition coefficient (Wildman–Crippen LogP) is 3.66. The quantitative estimate of drug-likeness (QED) is 0.660. The Bertz CT molecular complexity index is 1100. The largest absolute Gasteiger partial charge is 0.507 e. The summed E-state index contributed by atoms with van der Waals surface area (Å²) >= 11 is 0. The van der Waals surface area contributed by atoms with Crippen LogP contribution in [0.25, 0.3) is 0 Å². The van der Waals surface area contributed by atoms with E-state index < -0.39 is 10.0 Å². The molecule has 0 fully saturated rings. The van der Waals surface area contributed by atoms with Gasteiger partial charge >= 0.3 is 0 Å². The van der Waals surface area contributed by atoms with Crippen molar-refractivity contribution in [3.8, 4) is 11.5 Å². The molecule has 7 heteroatoms. The molecule has 0 bridgehead atoms. The average Bonchev–Trinajstić information content (AvgIpc) is 2.67. The molecule has 0 aliphatic rings. The molecule has 0 atom stereocenters. The van der Waals surface area contributed by atoms with Gasteiger partial charge in [0.05, 0.1) is 16.8 Å². The van der Waals surface area contributed by atoms with Crippen LogP contribution in [0.15, 0.2) is 87.1 Å². The fourth-order valence-corrected chi connectivity index (χ4v) is 3.08. The van der Waals surface area contributed by atoms with E-state index in [1.165, 1.54) is 24.4 Å². The highest BCUT2D eigenvalue weighted by Gasteiger charge is 2.11. The van der Waals surface area contributed by atoms with Gasteiger partial charge in [-0.2, -0.15) is 12.8 Å². The van der Waals surface area contributed by atoms with Crippen molar-refractivity contribution in [1.29, 1.82) is 0 Å². The Morgan fingerprint density at radius 2 is 1.22 bits per heavy atom. The number of rotatable bonds is 5. The lowest BCUT2D eigenvalue weighted by molar-refractivity contribution is 0.474. The van der Waals surface area contributed by atoms with E-state index in [-0.39, 0.29) is 16.4 Å². The third kappa shape index (κ3) is 4.59. The minimum Gasteiger partial charge on any atom is -0.507 e. The number of phenolic OH excluding ortho intramolecular Hbond substituents is 2. The molecule has 3 rings (SSSR count). The molecule has 0 amide bonds. The molecule has 0 unspecified atom stereocenters. The van der Waals surface area contributed by atoms with Crippen molar-refractivity contribution in [3.63, 3.8) is 0 Å². The molecule has 0 aliphatic carbocycles. The second kappa shape index (κ2) is 7.84. The van der Waals surface area contributed by atoms with Gasteiger partial charge in [0.25, 0.3) is 10.0 Å². The van der Waals surface area contributed by atoms with Crippen LogP contribution in [-0.2, 0) is 10.0 Å². The molecule has 136 valence electrons. The number of aromatic hydroxyl groups is 2. The minimum atomic E-state index is -3.90. The highest BCUT2D eigenvalue weighted by Crippen LogP contribution is 2.20. The van der Waals surface area contributed by atoms with E-state index >= 15 is 0 Å². The fourth-order valence-electron chi connectivity index (χ4n) is 2.23. The zero-order chi connectivity index (χ0) is 19.3. The van der Waals surface area contributed by atoms with Crippen LogP contribution in [-0.4, -0.2) is 31.1 Å². The van der Waals surface area contributed by atoms with Gasteiger partial charge in [-0.1, -0.05) is 24.3 Å². The first-order valence-corrected chi connectivity index (χ1v) is 9.40. The summed E-state index contributed by atoms with van der Waals surface area (Å²) in [5, 5.41) is 19.4. The number of nitrogens with zero attached hydrogens (tertiary/aromatic N) is 2. The van der Waals surface area contributed by atoms with Crippen molar-refractivity contribution in [1.82, 2.24) is 0 Å². The summed E-state index contributed by atoms with van der Waals surface area (Å²) in [5.74, 6) is 0.0595. The molecular formula is C20H16N2O4S. The number of benzene rings is 3. The van der Waals surface area contributed by atoms with Gasteiger partial charge in [-0.15, -0.1) is 0 Å². The molecule has 0 aromatic heterocycles. The fraction of sp³-hybridized carbons (Fsp3) is 0. The molecule has 0 saturated heterocycles. The number of hydrogen-bond acceptors (Lipinski definition) is 5. The van der Waals surface area contributed by atoms with E-state index in [0.717, 1.165) is 6.21 Å². The van der Waals surface area contributed by atoms with Gasteiger partial charge in [-0.25, -0.2) is 0 Å². The van der Waals surface area contributed by atoms with Gasteiger partial charge in [0.2, 0.25) is 0 Å². The van der Waals surface area contributed by atoms with E-state index in [9.17, 15) is 18.6 Å². The predicted molar refractivity (Wildman–Crippen MR) is 105 cm³/mol. The number of para-hydroxylation sites is 2. The summed E-state index contributed by atoms with van der Waals surface area (Å²) in [6, 6.07) is 18.9. The average molecular weight is 380 g/mol. The van der Waals surface area contributed by atoms with Crippen molar-refractivity contribution in [2.24, 2.45) is 9.39 Å². The molecule has 3 aromatic rings. The van der Waals surface area contributed by atoms with Gasteiger partial charge in [-0.05, 0) is 48.5 Å². The Labute approximate surface area is 156 Å². The monoisotopic (exact) mass is 380 g/mol. The first-order valence-electron chi connectivity index (χ1n) is 7.96. The lowest BCUT2D eigenvalue weighted by atomic mass is 10.2. The third-order valence-corrected chi connectivity index (χ3v) is 4.94. The second-order valence-electron chi connectivity index (χ2n) is 5.58. The lowest BCUT2D eigenvalue weighted by Gasteiger charge is -2.01. The Morgan fingerprint density at radius 1 is 0.704 bits per heavy atom. The minimum absolute atomic E-state index is 0.00989. The first kappa shape index (κ1) is 18.3. The van der Waals surface area contributed by atoms with E-state index in [0.29, 0.717) is 16.8 Å². The van der Waals surface area contributed by atoms with Gasteiger partial charge in [0.15, 0.2) is 0 Å². The van der Waals surface area contributed by atoms with Crippen LogP contribution in [0.3, 0.4) is 0 Å². The van der Waals surface area contributed by atoms with Crippen molar-refractivity contribution in [3.05, 3.63) is 83.9 Å². The highest BCUT2D eigenvalue weighted by atomic mass is 32.2. The Kier molecular flexibility index (Phi) is 5.33. The standard InChI is InChI=1S/C20H16N2O4S/c23-19-7-3-1-5-15(19)13-21-17-9-11-18(12-10-17)27(25,26)22-14-16-6-2-4-8-20(16)24/h1-14,23-24H/b21-13?,22-14+. The second-order valence-corrected chi connectivity index (χ2v) is 7.21. The lowest BCUT2D eigenvalue weighted by Crippen LogP contribution is -1.97. The summed E-state index contributed by atoms with van der Waals surface area (Å²) in [6.45, 7) is 0. The zero-order valence-electron chi connectivity index (χ0n) is 14.1. The molecule has 0 spiro atoms. The van der Waals surface area contributed by atoms with E-state index in [1.54, 1.807) is 54.6 Å².